The molecule has 6 N–H and O–H groups in total. The molecular weight excluding hydrogens is 516 g/mol. The van der Waals surface area contributed by atoms with Gasteiger partial charge in [0.15, 0.2) is 17.7 Å². The molecule has 2 aromatic rings. The van der Waals surface area contributed by atoms with Crippen molar-refractivity contribution in [3.8, 4) is 0 Å². The zero-order valence-corrected chi connectivity index (χ0v) is 23.0. The van der Waals surface area contributed by atoms with Crippen molar-refractivity contribution in [3.63, 3.8) is 0 Å². The molecule has 214 valence electrons. The van der Waals surface area contributed by atoms with Gasteiger partial charge in [0.25, 0.3) is 0 Å². The molecule has 0 spiro atoms. The molecule has 14 nitrogen and oxygen atoms in total. The maximum absolute atomic E-state index is 12.0. The average Bonchev–Trinajstić information content (AvgIpc) is 3.40. The number of nitrogens with one attached hydrogen (secondary N) is 2. The fourth-order valence-electron chi connectivity index (χ4n) is 4.22. The van der Waals surface area contributed by atoms with Crippen molar-refractivity contribution < 1.29 is 28.2 Å². The molecule has 0 radical (unpaired) electrons. The Bertz CT molecular complexity index is 1180. The third kappa shape index (κ3) is 8.20. The van der Waals surface area contributed by atoms with Gasteiger partial charge in [-0.15, -0.1) is 0 Å². The molecule has 0 bridgehead atoms. The first kappa shape index (κ1) is 30.0. The number of amides is 1. The Hall–Kier alpha value is -2.59. The van der Waals surface area contributed by atoms with Gasteiger partial charge in [-0.25, -0.2) is 13.4 Å². The van der Waals surface area contributed by atoms with Gasteiger partial charge in [0.05, 0.1) is 6.33 Å². The summed E-state index contributed by atoms with van der Waals surface area (Å²) in [6.45, 7) is 3.92. The van der Waals surface area contributed by atoms with Gasteiger partial charge in [-0.3, -0.25) is 9.36 Å². The number of hydrogen-bond donors (Lipinski definition) is 5. The first-order chi connectivity index (χ1) is 18.0. The van der Waals surface area contributed by atoms with Gasteiger partial charge >= 0.3 is 0 Å². The van der Waals surface area contributed by atoms with Crippen molar-refractivity contribution in [1.29, 1.82) is 0 Å². The van der Waals surface area contributed by atoms with Gasteiger partial charge in [-0.2, -0.15) is 9.97 Å². The topological polar surface area (TPSA) is 198 Å². The van der Waals surface area contributed by atoms with E-state index in [-0.39, 0.29) is 23.4 Å². The summed E-state index contributed by atoms with van der Waals surface area (Å²) in [4.78, 5) is 27.0. The number of nitrogen functional groups attached to an aromatic ring is 1. The predicted molar refractivity (Wildman–Crippen MR) is 143 cm³/mol. The van der Waals surface area contributed by atoms with Crippen LogP contribution in [0.2, 0.25) is 0 Å². The van der Waals surface area contributed by atoms with E-state index < -0.39 is 34.4 Å². The van der Waals surface area contributed by atoms with Crippen LogP contribution in [0.25, 0.3) is 11.2 Å². The molecule has 1 aliphatic heterocycles. The van der Waals surface area contributed by atoms with Gasteiger partial charge in [-0.1, -0.05) is 19.8 Å². The molecule has 2 aromatic heterocycles. The van der Waals surface area contributed by atoms with Crippen LogP contribution in [0.5, 0.6) is 0 Å². The molecule has 15 heteroatoms. The Morgan fingerprint density at radius 3 is 2.63 bits per heavy atom. The van der Waals surface area contributed by atoms with E-state index >= 15 is 0 Å². The van der Waals surface area contributed by atoms with Gasteiger partial charge < -0.3 is 36.2 Å². The van der Waals surface area contributed by atoms with E-state index in [1.54, 1.807) is 0 Å². The number of hydrogen-bond acceptors (Lipinski definition) is 12. The quantitative estimate of drug-likeness (QED) is 0.177. The molecular formula is C23H40N8O6S. The number of carbonyl (C=O) groups excluding carboxylic acids is 1. The lowest BCUT2D eigenvalue weighted by molar-refractivity contribution is -0.121. The van der Waals surface area contributed by atoms with E-state index in [0.717, 1.165) is 19.4 Å². The summed E-state index contributed by atoms with van der Waals surface area (Å²) in [5.74, 6) is 0.467. The molecule has 1 aliphatic rings. The number of ether oxygens (including phenoxy) is 1. The highest BCUT2D eigenvalue weighted by Crippen LogP contribution is 2.32. The van der Waals surface area contributed by atoms with E-state index in [9.17, 15) is 23.4 Å². The van der Waals surface area contributed by atoms with Crippen LogP contribution in [-0.4, -0.2) is 113 Å². The van der Waals surface area contributed by atoms with Gasteiger partial charge in [0.2, 0.25) is 11.9 Å². The number of aliphatic hydroxyl groups is 2. The average molecular weight is 557 g/mol. The lowest BCUT2D eigenvalue weighted by Gasteiger charge is -2.21. The number of fused-ring (bicyclic) bond motifs is 1. The van der Waals surface area contributed by atoms with Crippen molar-refractivity contribution in [2.24, 2.45) is 0 Å². The molecule has 0 unspecified atom stereocenters. The summed E-state index contributed by atoms with van der Waals surface area (Å²) in [6, 6.07) is 0. The lowest BCUT2D eigenvalue weighted by Crippen LogP contribution is -2.38. The Balaban J connectivity index is 1.50. The minimum Gasteiger partial charge on any atom is -0.387 e. The molecule has 1 fully saturated rings. The summed E-state index contributed by atoms with van der Waals surface area (Å²) in [5.41, 5.74) is 6.77. The molecule has 0 saturated carbocycles. The van der Waals surface area contributed by atoms with Crippen LogP contribution in [-0.2, 0) is 19.4 Å². The van der Waals surface area contributed by atoms with E-state index in [1.165, 1.54) is 17.2 Å². The van der Waals surface area contributed by atoms with E-state index in [2.05, 4.69) is 25.6 Å². The summed E-state index contributed by atoms with van der Waals surface area (Å²) >= 11 is 0. The minimum atomic E-state index is -2.93. The van der Waals surface area contributed by atoms with Crippen molar-refractivity contribution in [1.82, 2.24) is 29.7 Å². The summed E-state index contributed by atoms with van der Waals surface area (Å²) in [5, 5.41) is 27.0. The molecule has 4 atom stereocenters. The Kier molecular flexibility index (Phi) is 10.6. The highest BCUT2D eigenvalue weighted by Gasteiger charge is 2.44. The maximum Gasteiger partial charge on any atom is 0.226 e. The summed E-state index contributed by atoms with van der Waals surface area (Å²) in [6.07, 6.45) is 2.22. The van der Waals surface area contributed by atoms with Crippen LogP contribution in [0.3, 0.4) is 0 Å². The number of rotatable bonds is 15. The number of sulfone groups is 1. The second-order valence-electron chi connectivity index (χ2n) is 9.73. The van der Waals surface area contributed by atoms with Crippen LogP contribution < -0.4 is 16.4 Å². The molecule has 1 saturated heterocycles. The number of carbonyl (C=O) groups is 1. The molecule has 1 amide bonds. The van der Waals surface area contributed by atoms with Crippen molar-refractivity contribution in [3.05, 3.63) is 6.33 Å². The SMILES string of the molecule is CCN(C)C[C@H]1O[C@@H](n2cnc3c(N)nc(NCCNC(=O)CCCCCCS(C)(=O)=O)nc32)[C@H](O)[C@@H]1O. The smallest absolute Gasteiger partial charge is 0.226 e. The fourth-order valence-corrected chi connectivity index (χ4v) is 4.95. The number of unbranched alkanes of at least 4 members (excludes halogenated alkanes) is 3. The minimum absolute atomic E-state index is 0.0851. The van der Waals surface area contributed by atoms with Crippen LogP contribution in [0.15, 0.2) is 6.33 Å². The van der Waals surface area contributed by atoms with Crippen LogP contribution >= 0.6 is 0 Å². The number of imidazole rings is 1. The molecule has 38 heavy (non-hydrogen) atoms. The standard InChI is InChI=1S/C23H40N8O6S/c1-4-30(2)13-15-18(33)19(34)22(37-15)31-14-27-17-20(24)28-23(29-21(17)31)26-11-10-25-16(32)9-7-5-6-8-12-38(3,35)36/h14-15,18-19,22,33-34H,4-13H2,1-3H3,(H,25,32)(H3,24,26,28,29)/t15-,18-,19-,22-/m1/s1. The Morgan fingerprint density at radius 1 is 1.18 bits per heavy atom. The van der Waals surface area contributed by atoms with Crippen LogP contribution in [0.1, 0.15) is 45.3 Å². The molecule has 0 aliphatic carbocycles. The summed E-state index contributed by atoms with van der Waals surface area (Å²) in [7, 11) is -1.03. The zero-order chi connectivity index (χ0) is 27.9. The van der Waals surface area contributed by atoms with Crippen molar-refractivity contribution >= 4 is 38.7 Å². The second kappa shape index (κ2) is 13.5. The number of aliphatic hydroxyl groups excluding tert-OH is 2. The molecule has 0 aromatic carbocycles. The highest BCUT2D eigenvalue weighted by molar-refractivity contribution is 7.90. The number of likely N-dealkylation sites (N-methyl/N-ethyl adjacent to an activating group) is 1. The Labute approximate surface area is 222 Å². The second-order valence-corrected chi connectivity index (χ2v) is 12.0. The highest BCUT2D eigenvalue weighted by atomic mass is 32.2. The first-order valence-electron chi connectivity index (χ1n) is 12.9. The van der Waals surface area contributed by atoms with Crippen molar-refractivity contribution in [2.45, 2.75) is 63.6 Å². The number of aromatic nitrogens is 4. The third-order valence-electron chi connectivity index (χ3n) is 6.49. The van der Waals surface area contributed by atoms with Gasteiger partial charge in [0.1, 0.15) is 33.7 Å². The Morgan fingerprint density at radius 2 is 1.92 bits per heavy atom. The normalized spacial score (nSPS) is 21.8. The van der Waals surface area contributed by atoms with Gasteiger partial charge in [-0.05, 0) is 26.4 Å². The monoisotopic (exact) mass is 556 g/mol. The van der Waals surface area contributed by atoms with Crippen LogP contribution in [0, 0.1) is 0 Å². The zero-order valence-electron chi connectivity index (χ0n) is 22.2. The van der Waals surface area contributed by atoms with Gasteiger partial charge in [0, 0.05) is 38.1 Å². The largest absolute Gasteiger partial charge is 0.387 e. The summed E-state index contributed by atoms with van der Waals surface area (Å²) < 4.78 is 29.8. The van der Waals surface area contributed by atoms with Crippen molar-refractivity contribution in [2.75, 3.05) is 56.3 Å². The third-order valence-corrected chi connectivity index (χ3v) is 7.52. The molecule has 3 heterocycles. The van der Waals surface area contributed by atoms with E-state index in [1.807, 2.05) is 18.9 Å². The fraction of sp³-hybridized carbons (Fsp3) is 0.739. The molecule has 3 rings (SSSR count). The van der Waals surface area contributed by atoms with Crippen LogP contribution in [0.4, 0.5) is 11.8 Å². The number of nitrogens with two attached hydrogens (primary N) is 1. The maximum atomic E-state index is 12.0. The van der Waals surface area contributed by atoms with E-state index in [0.29, 0.717) is 50.1 Å². The first-order valence-corrected chi connectivity index (χ1v) is 14.9. The number of anilines is 2. The predicted octanol–water partition coefficient (Wildman–Crippen LogP) is -0.497. The van der Waals surface area contributed by atoms with E-state index in [4.69, 9.17) is 10.5 Å². The number of nitrogens with zero attached hydrogens (tertiary/aromatic N) is 5. The lowest BCUT2D eigenvalue weighted by atomic mass is 10.1.